The number of aryl methyl sites for hydroxylation is 1. The summed E-state index contributed by atoms with van der Waals surface area (Å²) in [5, 5.41) is 11.1. The second kappa shape index (κ2) is 8.39. The van der Waals surface area contributed by atoms with E-state index in [1.165, 1.54) is 17.3 Å². The first-order valence-corrected chi connectivity index (χ1v) is 9.79. The third kappa shape index (κ3) is 4.77. The van der Waals surface area contributed by atoms with Gasteiger partial charge in [0, 0.05) is 11.3 Å². The monoisotopic (exact) mass is 381 g/mol. The number of hydrogen-bond donors (Lipinski definition) is 1. The minimum atomic E-state index is -0.361. The maximum Gasteiger partial charge on any atom is 0.277 e. The molecule has 0 fully saturated rings. The van der Waals surface area contributed by atoms with E-state index in [4.69, 9.17) is 4.42 Å². The summed E-state index contributed by atoms with van der Waals surface area (Å²) < 4.78 is 5.72. The molecule has 1 amide bonds. The Balaban J connectivity index is 1.62. The highest BCUT2D eigenvalue weighted by Crippen LogP contribution is 2.28. The quantitative estimate of drug-likeness (QED) is 0.588. The fourth-order valence-electron chi connectivity index (χ4n) is 2.58. The number of rotatable bonds is 6. The number of nitrogens with one attached hydrogen (secondary N) is 1. The van der Waals surface area contributed by atoms with Crippen molar-refractivity contribution in [1.29, 1.82) is 0 Å². The lowest BCUT2D eigenvalue weighted by Crippen LogP contribution is -2.22. The molecule has 0 saturated carbocycles. The molecular weight excluding hydrogens is 358 g/mol. The summed E-state index contributed by atoms with van der Waals surface area (Å²) in [4.78, 5) is 12.4. The molecule has 1 heterocycles. The van der Waals surface area contributed by atoms with Gasteiger partial charge >= 0.3 is 0 Å². The van der Waals surface area contributed by atoms with Gasteiger partial charge in [0.15, 0.2) is 0 Å². The van der Waals surface area contributed by atoms with Gasteiger partial charge < -0.3 is 9.73 Å². The van der Waals surface area contributed by atoms with Gasteiger partial charge in [-0.15, -0.1) is 10.2 Å². The molecule has 0 aliphatic carbocycles. The van der Waals surface area contributed by atoms with E-state index < -0.39 is 0 Å². The lowest BCUT2D eigenvalue weighted by molar-refractivity contribution is -0.115. The average molecular weight is 382 g/mol. The number of carbonyl (C=O) groups is 1. The van der Waals surface area contributed by atoms with E-state index in [-0.39, 0.29) is 11.2 Å². The van der Waals surface area contributed by atoms with Gasteiger partial charge in [-0.25, -0.2) is 0 Å². The molecule has 2 aromatic carbocycles. The van der Waals surface area contributed by atoms with E-state index in [2.05, 4.69) is 29.4 Å². The lowest BCUT2D eigenvalue weighted by atomic mass is 10.0. The van der Waals surface area contributed by atoms with Crippen LogP contribution in [0.3, 0.4) is 0 Å². The van der Waals surface area contributed by atoms with Gasteiger partial charge in [-0.3, -0.25) is 4.79 Å². The number of carbonyl (C=O) groups excluding carboxylic acids is 1. The number of amides is 1. The summed E-state index contributed by atoms with van der Waals surface area (Å²) >= 11 is 1.25. The first kappa shape index (κ1) is 19.2. The van der Waals surface area contributed by atoms with Crippen molar-refractivity contribution in [1.82, 2.24) is 10.2 Å². The van der Waals surface area contributed by atoms with E-state index in [0.29, 0.717) is 17.0 Å². The molecule has 5 nitrogen and oxygen atoms in total. The Kier molecular flexibility index (Phi) is 5.96. The Labute approximate surface area is 163 Å². The SMILES string of the molecule is Cc1ccccc1-c1nnc(S[C@H](C)C(=O)Nc2ccc(C(C)C)cc2)o1. The molecule has 0 unspecified atom stereocenters. The topological polar surface area (TPSA) is 68.0 Å². The van der Waals surface area contributed by atoms with Crippen LogP contribution in [0.25, 0.3) is 11.5 Å². The lowest BCUT2D eigenvalue weighted by Gasteiger charge is -2.11. The van der Waals surface area contributed by atoms with Crippen LogP contribution in [0.4, 0.5) is 5.69 Å². The zero-order valence-corrected chi connectivity index (χ0v) is 16.7. The first-order chi connectivity index (χ1) is 12.9. The van der Waals surface area contributed by atoms with Crippen molar-refractivity contribution in [2.75, 3.05) is 5.32 Å². The zero-order valence-electron chi connectivity index (χ0n) is 15.9. The normalized spacial score (nSPS) is 12.2. The number of benzene rings is 2. The Bertz CT molecular complexity index is 919. The van der Waals surface area contributed by atoms with Gasteiger partial charge in [-0.1, -0.05) is 55.9 Å². The highest BCUT2D eigenvalue weighted by Gasteiger charge is 2.19. The Morgan fingerprint density at radius 1 is 1.04 bits per heavy atom. The smallest absolute Gasteiger partial charge is 0.277 e. The molecule has 0 saturated heterocycles. The summed E-state index contributed by atoms with van der Waals surface area (Å²) in [6.45, 7) is 8.09. The van der Waals surface area contributed by atoms with Crippen LogP contribution in [0.2, 0.25) is 0 Å². The number of aromatic nitrogens is 2. The molecule has 140 valence electrons. The van der Waals surface area contributed by atoms with Crippen LogP contribution < -0.4 is 5.32 Å². The second-order valence-electron chi connectivity index (χ2n) is 6.71. The maximum atomic E-state index is 12.4. The number of hydrogen-bond acceptors (Lipinski definition) is 5. The van der Waals surface area contributed by atoms with Crippen molar-refractivity contribution in [3.63, 3.8) is 0 Å². The average Bonchev–Trinajstić information content (AvgIpc) is 3.10. The molecule has 1 N–H and O–H groups in total. The van der Waals surface area contributed by atoms with Gasteiger partial charge in [-0.2, -0.15) is 0 Å². The Morgan fingerprint density at radius 2 is 1.74 bits per heavy atom. The van der Waals surface area contributed by atoms with Gasteiger partial charge in [0.05, 0.1) is 5.25 Å². The number of thioether (sulfide) groups is 1. The van der Waals surface area contributed by atoms with E-state index in [9.17, 15) is 4.79 Å². The highest BCUT2D eigenvalue weighted by molar-refractivity contribution is 8.00. The Morgan fingerprint density at radius 3 is 2.41 bits per heavy atom. The summed E-state index contributed by atoms with van der Waals surface area (Å²) in [6, 6.07) is 15.7. The minimum absolute atomic E-state index is 0.104. The fraction of sp³-hybridized carbons (Fsp3) is 0.286. The maximum absolute atomic E-state index is 12.4. The molecule has 0 aliphatic heterocycles. The molecule has 0 aliphatic rings. The van der Waals surface area contributed by atoms with Crippen LogP contribution in [-0.4, -0.2) is 21.4 Å². The van der Waals surface area contributed by atoms with E-state index in [1.807, 2.05) is 62.4 Å². The number of nitrogens with zero attached hydrogens (tertiary/aromatic N) is 2. The summed E-state index contributed by atoms with van der Waals surface area (Å²) in [6.07, 6.45) is 0. The summed E-state index contributed by atoms with van der Waals surface area (Å²) in [5.41, 5.74) is 3.99. The molecule has 6 heteroatoms. The Hall–Kier alpha value is -2.60. The molecule has 0 bridgehead atoms. The molecular formula is C21H23N3O2S. The van der Waals surface area contributed by atoms with Gasteiger partial charge in [0.1, 0.15) is 0 Å². The van der Waals surface area contributed by atoms with Crippen LogP contribution in [0.1, 0.15) is 37.8 Å². The first-order valence-electron chi connectivity index (χ1n) is 8.91. The number of anilines is 1. The van der Waals surface area contributed by atoms with Crippen molar-refractivity contribution in [3.05, 3.63) is 59.7 Å². The predicted molar refractivity (Wildman–Crippen MR) is 109 cm³/mol. The van der Waals surface area contributed by atoms with Crippen LogP contribution in [0.15, 0.2) is 58.2 Å². The molecule has 0 radical (unpaired) electrons. The van der Waals surface area contributed by atoms with Crippen molar-refractivity contribution in [2.24, 2.45) is 0 Å². The summed E-state index contributed by atoms with van der Waals surface area (Å²) in [5.74, 6) is 0.824. The van der Waals surface area contributed by atoms with Gasteiger partial charge in [-0.05, 0) is 49.1 Å². The fourth-order valence-corrected chi connectivity index (χ4v) is 3.26. The zero-order chi connectivity index (χ0) is 19.4. The summed E-state index contributed by atoms with van der Waals surface area (Å²) in [7, 11) is 0. The molecule has 1 atom stereocenters. The highest BCUT2D eigenvalue weighted by atomic mass is 32.2. The van der Waals surface area contributed by atoms with Crippen molar-refractivity contribution >= 4 is 23.4 Å². The molecule has 3 rings (SSSR count). The van der Waals surface area contributed by atoms with Crippen LogP contribution in [0.5, 0.6) is 0 Å². The molecule has 27 heavy (non-hydrogen) atoms. The third-order valence-electron chi connectivity index (χ3n) is 4.27. The van der Waals surface area contributed by atoms with E-state index in [1.54, 1.807) is 0 Å². The van der Waals surface area contributed by atoms with Crippen LogP contribution >= 0.6 is 11.8 Å². The van der Waals surface area contributed by atoms with Gasteiger partial charge in [0.25, 0.3) is 5.22 Å². The molecule has 3 aromatic rings. The minimum Gasteiger partial charge on any atom is -0.411 e. The van der Waals surface area contributed by atoms with E-state index in [0.717, 1.165) is 16.8 Å². The van der Waals surface area contributed by atoms with Crippen molar-refractivity contribution in [2.45, 2.75) is 44.1 Å². The van der Waals surface area contributed by atoms with Crippen LogP contribution in [0, 0.1) is 6.92 Å². The van der Waals surface area contributed by atoms with E-state index >= 15 is 0 Å². The molecule has 0 spiro atoms. The van der Waals surface area contributed by atoms with Gasteiger partial charge in [0.2, 0.25) is 11.8 Å². The largest absolute Gasteiger partial charge is 0.411 e. The van der Waals surface area contributed by atoms with Crippen molar-refractivity contribution < 1.29 is 9.21 Å². The standard InChI is InChI=1S/C21H23N3O2S/c1-13(2)16-9-11-17(12-10-16)22-19(25)15(4)27-21-24-23-20(26-21)18-8-6-5-7-14(18)3/h5-13,15H,1-4H3,(H,22,25)/t15-/m1/s1. The van der Waals surface area contributed by atoms with Crippen LogP contribution in [-0.2, 0) is 4.79 Å². The predicted octanol–water partition coefficient (Wildman–Crippen LogP) is 5.29. The van der Waals surface area contributed by atoms with Crippen molar-refractivity contribution in [3.8, 4) is 11.5 Å². The molecule has 1 aromatic heterocycles. The second-order valence-corrected chi connectivity index (χ2v) is 8.01. The third-order valence-corrected chi connectivity index (χ3v) is 5.21.